The molecule has 1 amide bonds. The van der Waals surface area contributed by atoms with Crippen LogP contribution in [0, 0.1) is 5.41 Å². The molecule has 0 aromatic heterocycles. The van der Waals surface area contributed by atoms with Crippen molar-refractivity contribution < 1.29 is 9.53 Å². The van der Waals surface area contributed by atoms with Crippen molar-refractivity contribution in [2.24, 2.45) is 0 Å². The Kier molecular flexibility index (Phi) is 5.09. The van der Waals surface area contributed by atoms with Crippen LogP contribution in [0.4, 0.5) is 5.69 Å². The highest BCUT2D eigenvalue weighted by Crippen LogP contribution is 2.26. The molecule has 0 fully saturated rings. The van der Waals surface area contributed by atoms with E-state index in [1.807, 2.05) is 73.7 Å². The molecule has 1 atom stereocenters. The summed E-state index contributed by atoms with van der Waals surface area (Å²) in [5.41, 5.74) is 1.54. The first-order valence-corrected chi connectivity index (χ1v) is 8.27. The molecule has 0 aliphatic rings. The Morgan fingerprint density at radius 1 is 1.04 bits per heavy atom. The van der Waals surface area contributed by atoms with E-state index in [0.717, 1.165) is 22.0 Å². The number of amides is 1. The summed E-state index contributed by atoms with van der Waals surface area (Å²) in [6, 6.07) is 20.7. The third kappa shape index (κ3) is 3.69. The average Bonchev–Trinajstić information content (AvgIpc) is 2.67. The van der Waals surface area contributed by atoms with Crippen molar-refractivity contribution in [3.8, 4) is 5.75 Å². The molecule has 25 heavy (non-hydrogen) atoms. The van der Waals surface area contributed by atoms with Crippen LogP contribution in [0.2, 0.25) is 0 Å². The first-order chi connectivity index (χ1) is 12.2. The maximum absolute atomic E-state index is 12.7. The topological polar surface area (TPSA) is 62.2 Å². The Hall–Kier alpha value is -3.14. The Morgan fingerprint density at radius 2 is 1.72 bits per heavy atom. The van der Waals surface area contributed by atoms with Crippen molar-refractivity contribution in [2.45, 2.75) is 19.4 Å². The van der Waals surface area contributed by atoms with E-state index >= 15 is 0 Å². The number of hydrogen-bond donors (Lipinski definition) is 2. The van der Waals surface area contributed by atoms with Crippen LogP contribution in [0.3, 0.4) is 0 Å². The minimum Gasteiger partial charge on any atom is -0.481 e. The monoisotopic (exact) mass is 332 g/mol. The van der Waals surface area contributed by atoms with Gasteiger partial charge >= 0.3 is 0 Å². The van der Waals surface area contributed by atoms with Gasteiger partial charge in [-0.3, -0.25) is 4.79 Å². The molecule has 3 aromatic carbocycles. The van der Waals surface area contributed by atoms with Crippen LogP contribution in [0.15, 0.2) is 66.7 Å². The molecule has 0 aliphatic heterocycles. The van der Waals surface area contributed by atoms with Crippen LogP contribution < -0.4 is 10.1 Å². The van der Waals surface area contributed by atoms with Gasteiger partial charge in [0, 0.05) is 17.3 Å². The number of hydrogen-bond acceptors (Lipinski definition) is 3. The molecular formula is C21H20N2O2. The minimum absolute atomic E-state index is 0.181. The van der Waals surface area contributed by atoms with Crippen LogP contribution >= 0.6 is 0 Å². The first kappa shape index (κ1) is 16.7. The number of benzene rings is 3. The Morgan fingerprint density at radius 3 is 2.40 bits per heavy atom. The van der Waals surface area contributed by atoms with Gasteiger partial charge < -0.3 is 15.5 Å². The molecule has 0 saturated carbocycles. The largest absolute Gasteiger partial charge is 0.481 e. The molecule has 0 saturated heterocycles. The fourth-order valence-electron chi connectivity index (χ4n) is 2.76. The van der Waals surface area contributed by atoms with E-state index in [4.69, 9.17) is 10.1 Å². The van der Waals surface area contributed by atoms with Gasteiger partial charge in [-0.25, -0.2) is 0 Å². The zero-order valence-corrected chi connectivity index (χ0v) is 14.0. The molecule has 4 heteroatoms. The van der Waals surface area contributed by atoms with Crippen molar-refractivity contribution in [2.75, 3.05) is 5.32 Å². The quantitative estimate of drug-likeness (QED) is 0.646. The molecule has 4 nitrogen and oxygen atoms in total. The summed E-state index contributed by atoms with van der Waals surface area (Å²) in [5, 5.41) is 12.3. The number of nitrogens with one attached hydrogen (secondary N) is 2. The standard InChI is InChI=1S/C21H20N2O2/c1-2-20(25-16-8-4-3-5-9-16)21(24)23-19-13-12-15(14-22)17-10-6-7-11-18(17)19/h3-14,20,22H,2H2,1H3,(H,23,24). The molecule has 0 spiro atoms. The molecular weight excluding hydrogens is 312 g/mol. The third-order valence-electron chi connectivity index (χ3n) is 4.06. The van der Waals surface area contributed by atoms with Crippen molar-refractivity contribution in [1.29, 1.82) is 5.41 Å². The van der Waals surface area contributed by atoms with Gasteiger partial charge in [0.05, 0.1) is 0 Å². The second-order valence-corrected chi connectivity index (χ2v) is 5.71. The van der Waals surface area contributed by atoms with E-state index in [1.165, 1.54) is 6.21 Å². The van der Waals surface area contributed by atoms with Crippen LogP contribution in [0.25, 0.3) is 10.8 Å². The second-order valence-electron chi connectivity index (χ2n) is 5.71. The summed E-state index contributed by atoms with van der Waals surface area (Å²) in [7, 11) is 0. The summed E-state index contributed by atoms with van der Waals surface area (Å²) in [6.07, 6.45) is 1.32. The lowest BCUT2D eigenvalue weighted by Gasteiger charge is -2.18. The fourth-order valence-corrected chi connectivity index (χ4v) is 2.76. The lowest BCUT2D eigenvalue weighted by atomic mass is 10.0. The van der Waals surface area contributed by atoms with Gasteiger partial charge in [-0.2, -0.15) is 0 Å². The zero-order valence-electron chi connectivity index (χ0n) is 14.0. The van der Waals surface area contributed by atoms with E-state index in [1.54, 1.807) is 0 Å². The van der Waals surface area contributed by atoms with E-state index in [0.29, 0.717) is 12.2 Å². The molecule has 0 heterocycles. The van der Waals surface area contributed by atoms with Gasteiger partial charge in [0.15, 0.2) is 6.10 Å². The molecule has 1 unspecified atom stereocenters. The highest BCUT2D eigenvalue weighted by molar-refractivity contribution is 6.08. The summed E-state index contributed by atoms with van der Waals surface area (Å²) < 4.78 is 5.81. The average molecular weight is 332 g/mol. The molecule has 2 N–H and O–H groups in total. The molecule has 126 valence electrons. The highest BCUT2D eigenvalue weighted by Gasteiger charge is 2.19. The summed E-state index contributed by atoms with van der Waals surface area (Å²) in [4.78, 5) is 12.7. The van der Waals surface area contributed by atoms with Gasteiger partial charge in [-0.15, -0.1) is 0 Å². The second kappa shape index (κ2) is 7.62. The number of rotatable bonds is 6. The molecule has 3 aromatic rings. The van der Waals surface area contributed by atoms with Crippen LogP contribution in [0.1, 0.15) is 18.9 Å². The highest BCUT2D eigenvalue weighted by atomic mass is 16.5. The van der Waals surface area contributed by atoms with Crippen LogP contribution in [-0.4, -0.2) is 18.2 Å². The minimum atomic E-state index is -0.566. The van der Waals surface area contributed by atoms with Crippen molar-refractivity contribution in [1.82, 2.24) is 0 Å². The zero-order chi connectivity index (χ0) is 17.6. The number of para-hydroxylation sites is 1. The fraction of sp³-hybridized carbons (Fsp3) is 0.143. The van der Waals surface area contributed by atoms with Gasteiger partial charge in [0.2, 0.25) is 0 Å². The third-order valence-corrected chi connectivity index (χ3v) is 4.06. The lowest BCUT2D eigenvalue weighted by Crippen LogP contribution is -2.32. The number of ether oxygens (including phenoxy) is 1. The Labute approximate surface area is 147 Å². The van der Waals surface area contributed by atoms with Gasteiger partial charge in [-0.1, -0.05) is 55.5 Å². The smallest absolute Gasteiger partial charge is 0.265 e. The predicted molar refractivity (Wildman–Crippen MR) is 102 cm³/mol. The summed E-state index contributed by atoms with van der Waals surface area (Å²) in [5.74, 6) is 0.493. The van der Waals surface area contributed by atoms with Crippen molar-refractivity contribution >= 4 is 28.6 Å². The van der Waals surface area contributed by atoms with E-state index in [9.17, 15) is 4.79 Å². The molecule has 0 radical (unpaired) electrons. The Bertz CT molecular complexity index is 891. The van der Waals surface area contributed by atoms with Crippen molar-refractivity contribution in [3.63, 3.8) is 0 Å². The van der Waals surface area contributed by atoms with E-state index < -0.39 is 6.10 Å². The van der Waals surface area contributed by atoms with Crippen LogP contribution in [-0.2, 0) is 4.79 Å². The predicted octanol–water partition coefficient (Wildman–Crippen LogP) is 4.63. The maximum atomic E-state index is 12.7. The van der Waals surface area contributed by atoms with Crippen molar-refractivity contribution in [3.05, 3.63) is 72.3 Å². The van der Waals surface area contributed by atoms with E-state index in [2.05, 4.69) is 5.32 Å². The number of fused-ring (bicyclic) bond motifs is 1. The normalized spacial score (nSPS) is 11.7. The number of anilines is 1. The van der Waals surface area contributed by atoms with Gasteiger partial charge in [0.25, 0.3) is 5.91 Å². The van der Waals surface area contributed by atoms with Gasteiger partial charge in [0.1, 0.15) is 5.75 Å². The summed E-state index contributed by atoms with van der Waals surface area (Å²) in [6.45, 7) is 1.92. The van der Waals surface area contributed by atoms with E-state index in [-0.39, 0.29) is 5.91 Å². The SMILES string of the molecule is CCC(Oc1ccccc1)C(=O)Nc1ccc(C=N)c2ccccc12. The molecule has 0 aliphatic carbocycles. The molecule has 3 rings (SSSR count). The lowest BCUT2D eigenvalue weighted by molar-refractivity contribution is -0.122. The van der Waals surface area contributed by atoms with Gasteiger partial charge in [-0.05, 0) is 35.6 Å². The number of carbonyl (C=O) groups excluding carboxylic acids is 1. The van der Waals surface area contributed by atoms with Crippen LogP contribution in [0.5, 0.6) is 5.75 Å². The number of carbonyl (C=O) groups is 1. The first-order valence-electron chi connectivity index (χ1n) is 8.27. The molecule has 0 bridgehead atoms. The maximum Gasteiger partial charge on any atom is 0.265 e. The summed E-state index contributed by atoms with van der Waals surface area (Å²) >= 11 is 0. The Balaban J connectivity index is 1.85.